The molecule has 0 radical (unpaired) electrons. The smallest absolute Gasteiger partial charge is 0.248 e. The topological polar surface area (TPSA) is 126 Å². The number of nitrogens with one attached hydrogen (secondary N) is 1. The molecule has 1 aliphatic heterocycles. The van der Waals surface area contributed by atoms with Gasteiger partial charge in [0, 0.05) is 31.0 Å². The Labute approximate surface area is 200 Å². The van der Waals surface area contributed by atoms with Crippen LogP contribution < -0.4 is 5.32 Å². The van der Waals surface area contributed by atoms with Gasteiger partial charge in [0.15, 0.2) is 5.89 Å². The summed E-state index contributed by atoms with van der Waals surface area (Å²) in [5.74, 6) is 1.23. The minimum Gasteiger partial charge on any atom is -0.443 e. The average molecular weight is 473 g/mol. The third-order valence-electron chi connectivity index (χ3n) is 6.53. The Morgan fingerprint density at radius 2 is 2.00 bits per heavy atom. The number of β-amino-alcohol motifs (C(OH)–C–C–N with tert-alkyl or cyclic N) is 1. The van der Waals surface area contributed by atoms with Gasteiger partial charge >= 0.3 is 0 Å². The molecule has 2 amide bonds. The minimum atomic E-state index is -0.772. The second kappa shape index (κ2) is 9.13. The molecule has 2 aliphatic rings. The summed E-state index contributed by atoms with van der Waals surface area (Å²) in [6, 6.07) is -1.41. The van der Waals surface area contributed by atoms with Crippen molar-refractivity contribution in [2.45, 2.75) is 97.4 Å². The molecular formula is C24H36N6O4. The molecule has 0 aromatic carbocycles. The number of aromatic nitrogens is 4. The van der Waals surface area contributed by atoms with E-state index in [1.54, 1.807) is 4.68 Å². The number of carbonyl (C=O) groups excluding carboxylic acids is 2. The van der Waals surface area contributed by atoms with Gasteiger partial charge in [-0.1, -0.05) is 39.8 Å². The zero-order valence-corrected chi connectivity index (χ0v) is 20.9. The molecule has 3 heterocycles. The first-order valence-corrected chi connectivity index (χ1v) is 12.1. The maximum Gasteiger partial charge on any atom is 0.248 e. The van der Waals surface area contributed by atoms with Crippen LogP contribution in [0.2, 0.25) is 0 Å². The lowest BCUT2D eigenvalue weighted by atomic mass is 9.85. The van der Waals surface area contributed by atoms with E-state index in [0.29, 0.717) is 17.6 Å². The van der Waals surface area contributed by atoms with Crippen LogP contribution in [0.3, 0.4) is 0 Å². The van der Waals surface area contributed by atoms with Crippen LogP contribution in [0.1, 0.15) is 94.8 Å². The van der Waals surface area contributed by atoms with Crippen LogP contribution in [-0.2, 0) is 16.1 Å². The lowest BCUT2D eigenvalue weighted by Crippen LogP contribution is -2.50. The largest absolute Gasteiger partial charge is 0.443 e. The Morgan fingerprint density at radius 3 is 2.59 bits per heavy atom. The quantitative estimate of drug-likeness (QED) is 0.634. The Balaban J connectivity index is 1.50. The zero-order chi connectivity index (χ0) is 24.8. The lowest BCUT2D eigenvalue weighted by molar-refractivity contribution is -0.144. The van der Waals surface area contributed by atoms with Crippen molar-refractivity contribution in [3.63, 3.8) is 0 Å². The van der Waals surface area contributed by atoms with Gasteiger partial charge in [-0.25, -0.2) is 9.67 Å². The van der Waals surface area contributed by atoms with Gasteiger partial charge in [-0.2, -0.15) is 0 Å². The van der Waals surface area contributed by atoms with E-state index < -0.39 is 23.6 Å². The van der Waals surface area contributed by atoms with Crippen molar-refractivity contribution in [1.29, 1.82) is 0 Å². The molecular weight excluding hydrogens is 436 g/mol. The van der Waals surface area contributed by atoms with Crippen LogP contribution in [0.5, 0.6) is 0 Å². The second-order valence-corrected chi connectivity index (χ2v) is 11.0. The zero-order valence-electron chi connectivity index (χ0n) is 20.9. The normalized spacial score (nSPS) is 21.8. The van der Waals surface area contributed by atoms with Gasteiger partial charge in [-0.05, 0) is 25.2 Å². The van der Waals surface area contributed by atoms with E-state index in [4.69, 9.17) is 4.42 Å². The number of aryl methyl sites for hydroxylation is 1. The fourth-order valence-corrected chi connectivity index (χ4v) is 4.47. The molecule has 2 unspecified atom stereocenters. The SMILES string of the molecule is Cc1nc(C(C)C)oc1CNC(=O)C1CC(O)CN1C(=O)[C@@H](n1cc(C2CC2)nn1)C(C)(C)C. The van der Waals surface area contributed by atoms with Crippen molar-refractivity contribution in [2.75, 3.05) is 6.54 Å². The van der Waals surface area contributed by atoms with Gasteiger partial charge in [0.1, 0.15) is 17.8 Å². The predicted octanol–water partition coefficient (Wildman–Crippen LogP) is 2.44. The van der Waals surface area contributed by atoms with Crippen molar-refractivity contribution in [2.24, 2.45) is 5.41 Å². The minimum absolute atomic E-state index is 0.104. The van der Waals surface area contributed by atoms with Gasteiger partial charge in [0.05, 0.1) is 24.0 Å². The molecule has 186 valence electrons. The number of aliphatic hydroxyl groups excluding tert-OH is 1. The summed E-state index contributed by atoms with van der Waals surface area (Å²) in [5, 5.41) is 21.8. The van der Waals surface area contributed by atoms with E-state index in [-0.39, 0.29) is 37.2 Å². The van der Waals surface area contributed by atoms with Crippen LogP contribution in [0.15, 0.2) is 10.6 Å². The molecule has 2 aromatic heterocycles. The van der Waals surface area contributed by atoms with Crippen LogP contribution >= 0.6 is 0 Å². The summed E-state index contributed by atoms with van der Waals surface area (Å²) < 4.78 is 7.40. The number of amides is 2. The number of oxazole rings is 1. The van der Waals surface area contributed by atoms with Crippen molar-refractivity contribution in [3.05, 3.63) is 29.2 Å². The van der Waals surface area contributed by atoms with Gasteiger partial charge in [0.25, 0.3) is 0 Å². The van der Waals surface area contributed by atoms with E-state index in [9.17, 15) is 14.7 Å². The Morgan fingerprint density at radius 1 is 1.29 bits per heavy atom. The molecule has 2 aromatic rings. The van der Waals surface area contributed by atoms with E-state index in [1.165, 1.54) is 4.90 Å². The first-order valence-electron chi connectivity index (χ1n) is 12.1. The summed E-state index contributed by atoms with van der Waals surface area (Å²) in [5.41, 5.74) is 1.17. The van der Waals surface area contributed by atoms with Gasteiger partial charge < -0.3 is 19.7 Å². The molecule has 10 heteroatoms. The molecule has 3 atom stereocenters. The molecule has 0 bridgehead atoms. The number of hydrogen-bond acceptors (Lipinski definition) is 7. The van der Waals surface area contributed by atoms with Crippen molar-refractivity contribution in [3.8, 4) is 0 Å². The second-order valence-electron chi connectivity index (χ2n) is 11.0. The number of rotatable bonds is 7. The Kier molecular flexibility index (Phi) is 6.54. The third kappa shape index (κ3) is 5.01. The monoisotopic (exact) mass is 472 g/mol. The highest BCUT2D eigenvalue weighted by Crippen LogP contribution is 2.40. The van der Waals surface area contributed by atoms with E-state index in [0.717, 1.165) is 24.2 Å². The average Bonchev–Trinajstić information content (AvgIpc) is 3.16. The Bertz CT molecular complexity index is 1050. The lowest BCUT2D eigenvalue weighted by Gasteiger charge is -2.34. The van der Waals surface area contributed by atoms with Crippen LogP contribution in [0.25, 0.3) is 0 Å². The number of nitrogens with zero attached hydrogens (tertiary/aromatic N) is 5. The summed E-state index contributed by atoms with van der Waals surface area (Å²) in [4.78, 5) is 32.8. The Hall–Kier alpha value is -2.75. The van der Waals surface area contributed by atoms with Crippen LogP contribution in [0.4, 0.5) is 0 Å². The molecule has 2 N–H and O–H groups in total. The maximum atomic E-state index is 13.8. The highest BCUT2D eigenvalue weighted by Gasteiger charge is 2.45. The van der Waals surface area contributed by atoms with E-state index in [2.05, 4.69) is 20.6 Å². The van der Waals surface area contributed by atoms with Crippen molar-refractivity contribution in [1.82, 2.24) is 30.2 Å². The molecule has 2 fully saturated rings. The highest BCUT2D eigenvalue weighted by atomic mass is 16.4. The molecule has 1 aliphatic carbocycles. The maximum absolute atomic E-state index is 13.8. The molecule has 0 spiro atoms. The fourth-order valence-electron chi connectivity index (χ4n) is 4.47. The standard InChI is InChI=1S/C24H36N6O4/c1-13(2)22-26-14(3)19(34-22)10-25-21(32)18-9-16(31)11-29(18)23(33)20(24(4,5)6)30-12-17(27-28-30)15-7-8-15/h12-13,15-16,18,20,31H,7-11H2,1-6H3,(H,25,32)/t16?,18?,20-/m1/s1. The molecule has 4 rings (SSSR count). The first kappa shape index (κ1) is 24.4. The molecule has 1 saturated carbocycles. The summed E-state index contributed by atoms with van der Waals surface area (Å²) in [7, 11) is 0. The van der Waals surface area contributed by atoms with Crippen LogP contribution in [-0.4, -0.2) is 60.5 Å². The molecule has 10 nitrogen and oxygen atoms in total. The molecule has 1 saturated heterocycles. The number of aliphatic hydroxyl groups is 1. The number of likely N-dealkylation sites (tertiary alicyclic amines) is 1. The highest BCUT2D eigenvalue weighted by molar-refractivity contribution is 5.90. The summed E-state index contributed by atoms with van der Waals surface area (Å²) in [6.07, 6.45) is 3.46. The fraction of sp³-hybridized carbons (Fsp3) is 0.708. The van der Waals surface area contributed by atoms with Crippen molar-refractivity contribution < 1.29 is 19.1 Å². The van der Waals surface area contributed by atoms with Gasteiger partial charge in [-0.15, -0.1) is 5.10 Å². The predicted molar refractivity (Wildman–Crippen MR) is 124 cm³/mol. The van der Waals surface area contributed by atoms with E-state index >= 15 is 0 Å². The number of hydrogen-bond donors (Lipinski definition) is 2. The number of carbonyl (C=O) groups is 2. The summed E-state index contributed by atoms with van der Waals surface area (Å²) in [6.45, 7) is 12.0. The van der Waals surface area contributed by atoms with E-state index in [1.807, 2.05) is 47.7 Å². The van der Waals surface area contributed by atoms with Gasteiger partial charge in [-0.3, -0.25) is 9.59 Å². The van der Waals surface area contributed by atoms with Crippen molar-refractivity contribution >= 4 is 11.8 Å². The third-order valence-corrected chi connectivity index (χ3v) is 6.53. The van der Waals surface area contributed by atoms with Gasteiger partial charge in [0.2, 0.25) is 11.8 Å². The van der Waals surface area contributed by atoms with Crippen LogP contribution in [0, 0.1) is 12.3 Å². The molecule has 34 heavy (non-hydrogen) atoms. The first-order chi connectivity index (χ1) is 16.0. The summed E-state index contributed by atoms with van der Waals surface area (Å²) >= 11 is 0.